The van der Waals surface area contributed by atoms with Gasteiger partial charge in [-0.2, -0.15) is 0 Å². The van der Waals surface area contributed by atoms with E-state index >= 15 is 0 Å². The highest BCUT2D eigenvalue weighted by molar-refractivity contribution is 5.18. The lowest BCUT2D eigenvalue weighted by atomic mass is 9.93. The molecule has 0 aromatic heterocycles. The van der Waals surface area contributed by atoms with Crippen LogP contribution in [0.3, 0.4) is 0 Å². The van der Waals surface area contributed by atoms with Crippen LogP contribution in [0.15, 0.2) is 0 Å². The van der Waals surface area contributed by atoms with Gasteiger partial charge in [0, 0.05) is 12.1 Å². The van der Waals surface area contributed by atoms with E-state index in [0.29, 0.717) is 22.9 Å². The molecule has 0 spiro atoms. The van der Waals surface area contributed by atoms with E-state index in [1.807, 2.05) is 0 Å². The van der Waals surface area contributed by atoms with Gasteiger partial charge in [-0.15, -0.1) is 0 Å². The van der Waals surface area contributed by atoms with Gasteiger partial charge in [0.2, 0.25) is 0 Å². The molecular weight excluding hydrogens is 186 g/mol. The largest absolute Gasteiger partial charge is 0.393 e. The summed E-state index contributed by atoms with van der Waals surface area (Å²) in [5.41, 5.74) is 0.867. The maximum absolute atomic E-state index is 9.45. The van der Waals surface area contributed by atoms with Gasteiger partial charge in [-0.3, -0.25) is 0 Å². The molecule has 15 heavy (non-hydrogen) atoms. The van der Waals surface area contributed by atoms with Crippen LogP contribution in [0.2, 0.25) is 0 Å². The number of hydrogen-bond donors (Lipinski definition) is 2. The van der Waals surface area contributed by atoms with Gasteiger partial charge in [0.15, 0.2) is 0 Å². The van der Waals surface area contributed by atoms with E-state index < -0.39 is 0 Å². The van der Waals surface area contributed by atoms with E-state index in [1.165, 1.54) is 0 Å². The number of aliphatic hydroxyl groups is 1. The van der Waals surface area contributed by atoms with Crippen LogP contribution in [0.25, 0.3) is 0 Å². The Morgan fingerprint density at radius 2 is 1.40 bits per heavy atom. The molecule has 0 saturated heterocycles. The molecule has 2 N–H and O–H groups in total. The lowest BCUT2D eigenvalue weighted by molar-refractivity contribution is 0.115. The molecule has 0 unspecified atom stereocenters. The van der Waals surface area contributed by atoms with Crippen molar-refractivity contribution in [3.63, 3.8) is 0 Å². The smallest absolute Gasteiger partial charge is 0.0541 e. The molecule has 0 radical (unpaired) electrons. The Labute approximate surface area is 93.5 Å². The highest BCUT2D eigenvalue weighted by atomic mass is 16.3. The van der Waals surface area contributed by atoms with Crippen molar-refractivity contribution in [2.75, 3.05) is 0 Å². The van der Waals surface area contributed by atoms with Crippen LogP contribution in [0, 0.1) is 10.8 Å². The Balaban J connectivity index is 1.85. The molecular formula is C13H25NO. The Bertz CT molecular complexity index is 225. The molecule has 0 aromatic rings. The standard InChI is InChI=1S/C13H25NO/c1-12(2)11(13(12,3)4)14-9-5-7-10(15)8-6-9/h9-11,14-15H,5-8H2,1-4H3. The van der Waals surface area contributed by atoms with E-state index in [0.717, 1.165) is 25.7 Å². The van der Waals surface area contributed by atoms with Crippen molar-refractivity contribution < 1.29 is 5.11 Å². The highest BCUT2D eigenvalue weighted by Gasteiger charge is 2.64. The third-order valence-corrected chi connectivity index (χ3v) is 5.12. The zero-order chi connectivity index (χ0) is 11.3. The van der Waals surface area contributed by atoms with Gasteiger partial charge in [0.25, 0.3) is 0 Å². The molecule has 0 bridgehead atoms. The van der Waals surface area contributed by atoms with Crippen LogP contribution in [0.1, 0.15) is 53.4 Å². The second kappa shape index (κ2) is 3.46. The first kappa shape index (κ1) is 11.4. The maximum Gasteiger partial charge on any atom is 0.0541 e. The molecule has 2 fully saturated rings. The lowest BCUT2D eigenvalue weighted by Crippen LogP contribution is -2.38. The Morgan fingerprint density at radius 3 is 1.80 bits per heavy atom. The molecule has 0 amide bonds. The summed E-state index contributed by atoms with van der Waals surface area (Å²) in [5.74, 6) is 0. The Kier molecular flexibility index (Phi) is 2.63. The second-order valence-electron chi connectivity index (χ2n) is 6.55. The zero-order valence-electron chi connectivity index (χ0n) is 10.5. The van der Waals surface area contributed by atoms with E-state index in [-0.39, 0.29) is 6.10 Å². The van der Waals surface area contributed by atoms with Crippen molar-refractivity contribution in [1.29, 1.82) is 0 Å². The number of nitrogens with one attached hydrogen (secondary N) is 1. The Morgan fingerprint density at radius 1 is 0.933 bits per heavy atom. The summed E-state index contributed by atoms with van der Waals surface area (Å²) in [5, 5.41) is 13.2. The zero-order valence-corrected chi connectivity index (χ0v) is 10.5. The molecule has 0 aliphatic heterocycles. The third kappa shape index (κ3) is 1.83. The van der Waals surface area contributed by atoms with Gasteiger partial charge in [0.1, 0.15) is 0 Å². The average Bonchev–Trinajstić information content (AvgIpc) is 2.52. The summed E-state index contributed by atoms with van der Waals surface area (Å²) in [6.45, 7) is 9.40. The number of hydrogen-bond acceptors (Lipinski definition) is 2. The normalized spacial score (nSPS) is 39.0. The number of aliphatic hydroxyl groups excluding tert-OH is 1. The van der Waals surface area contributed by atoms with Gasteiger partial charge in [-0.25, -0.2) is 0 Å². The molecule has 0 aromatic carbocycles. The summed E-state index contributed by atoms with van der Waals surface area (Å²) in [6.07, 6.45) is 4.20. The SMILES string of the molecule is CC1(C)C(NC2CCC(O)CC2)C1(C)C. The van der Waals surface area contributed by atoms with Crippen LogP contribution >= 0.6 is 0 Å². The second-order valence-corrected chi connectivity index (χ2v) is 6.55. The molecule has 88 valence electrons. The summed E-state index contributed by atoms with van der Waals surface area (Å²) in [7, 11) is 0. The molecule has 2 heteroatoms. The predicted molar refractivity (Wildman–Crippen MR) is 62.7 cm³/mol. The van der Waals surface area contributed by atoms with E-state index in [9.17, 15) is 5.11 Å². The summed E-state index contributed by atoms with van der Waals surface area (Å²) in [6, 6.07) is 1.30. The fraction of sp³-hybridized carbons (Fsp3) is 1.00. The first-order valence-corrected chi connectivity index (χ1v) is 6.30. The van der Waals surface area contributed by atoms with Gasteiger partial charge in [0.05, 0.1) is 6.10 Å². The first-order chi connectivity index (χ1) is 6.85. The molecule has 2 nitrogen and oxygen atoms in total. The highest BCUT2D eigenvalue weighted by Crippen LogP contribution is 2.62. The number of rotatable bonds is 2. The molecule has 2 aliphatic carbocycles. The van der Waals surface area contributed by atoms with Gasteiger partial charge in [-0.05, 0) is 36.5 Å². The van der Waals surface area contributed by atoms with Crippen molar-refractivity contribution in [3.05, 3.63) is 0 Å². The van der Waals surface area contributed by atoms with Gasteiger partial charge in [-0.1, -0.05) is 27.7 Å². The van der Waals surface area contributed by atoms with Crippen LogP contribution in [0.4, 0.5) is 0 Å². The minimum Gasteiger partial charge on any atom is -0.393 e. The topological polar surface area (TPSA) is 32.3 Å². The fourth-order valence-electron chi connectivity index (χ4n) is 3.09. The monoisotopic (exact) mass is 211 g/mol. The van der Waals surface area contributed by atoms with Crippen molar-refractivity contribution in [1.82, 2.24) is 5.32 Å². The van der Waals surface area contributed by atoms with Crippen LogP contribution in [-0.4, -0.2) is 23.3 Å². The van der Waals surface area contributed by atoms with Gasteiger partial charge < -0.3 is 10.4 Å². The average molecular weight is 211 g/mol. The summed E-state index contributed by atoms with van der Waals surface area (Å²) >= 11 is 0. The molecule has 0 heterocycles. The summed E-state index contributed by atoms with van der Waals surface area (Å²) in [4.78, 5) is 0. The Hall–Kier alpha value is -0.0800. The third-order valence-electron chi connectivity index (χ3n) is 5.12. The van der Waals surface area contributed by atoms with Gasteiger partial charge >= 0.3 is 0 Å². The minimum absolute atomic E-state index is 0.0386. The molecule has 0 atom stereocenters. The van der Waals surface area contributed by atoms with Crippen molar-refractivity contribution in [3.8, 4) is 0 Å². The molecule has 2 aliphatic rings. The summed E-state index contributed by atoms with van der Waals surface area (Å²) < 4.78 is 0. The minimum atomic E-state index is -0.0386. The van der Waals surface area contributed by atoms with E-state index in [4.69, 9.17) is 0 Å². The first-order valence-electron chi connectivity index (χ1n) is 6.30. The van der Waals surface area contributed by atoms with E-state index in [2.05, 4.69) is 33.0 Å². The maximum atomic E-state index is 9.45. The quantitative estimate of drug-likeness (QED) is 0.734. The fourth-order valence-corrected chi connectivity index (χ4v) is 3.09. The van der Waals surface area contributed by atoms with Crippen LogP contribution in [-0.2, 0) is 0 Å². The van der Waals surface area contributed by atoms with Crippen molar-refractivity contribution in [2.45, 2.75) is 71.6 Å². The van der Waals surface area contributed by atoms with Crippen LogP contribution < -0.4 is 5.32 Å². The predicted octanol–water partition coefficient (Wildman–Crippen LogP) is 2.31. The van der Waals surface area contributed by atoms with Crippen LogP contribution in [0.5, 0.6) is 0 Å². The van der Waals surface area contributed by atoms with E-state index in [1.54, 1.807) is 0 Å². The lowest BCUT2D eigenvalue weighted by Gasteiger charge is -2.27. The van der Waals surface area contributed by atoms with Crippen molar-refractivity contribution >= 4 is 0 Å². The molecule has 2 saturated carbocycles. The molecule has 2 rings (SSSR count). The van der Waals surface area contributed by atoms with Crippen molar-refractivity contribution in [2.24, 2.45) is 10.8 Å².